The minimum atomic E-state index is -0.406. The van der Waals surface area contributed by atoms with Crippen molar-refractivity contribution in [3.05, 3.63) is 39.4 Å². The molecule has 104 valence electrons. The first kappa shape index (κ1) is 15.1. The molecular formula is C13H18N2O4. The molecule has 0 aliphatic heterocycles. The van der Waals surface area contributed by atoms with Gasteiger partial charge in [0.25, 0.3) is 5.69 Å². The molecule has 1 rings (SSSR count). The number of nitro groups is 1. The maximum Gasteiger partial charge on any atom is 0.322 e. The molecule has 0 amide bonds. The highest BCUT2D eigenvalue weighted by molar-refractivity contribution is 5.75. The van der Waals surface area contributed by atoms with Crippen LogP contribution in [-0.2, 0) is 16.1 Å². The van der Waals surface area contributed by atoms with Gasteiger partial charge in [-0.3, -0.25) is 14.9 Å². The molecular weight excluding hydrogens is 248 g/mol. The van der Waals surface area contributed by atoms with Gasteiger partial charge in [0.1, 0.15) is 6.04 Å². The molecule has 6 nitrogen and oxygen atoms in total. The number of esters is 1. The molecule has 1 aromatic rings. The van der Waals surface area contributed by atoms with Crippen LogP contribution in [-0.4, -0.2) is 24.0 Å². The van der Waals surface area contributed by atoms with Crippen LogP contribution in [0.15, 0.2) is 18.2 Å². The van der Waals surface area contributed by atoms with Gasteiger partial charge in [0.15, 0.2) is 0 Å². The van der Waals surface area contributed by atoms with Crippen LogP contribution in [0, 0.1) is 17.0 Å². The molecule has 1 unspecified atom stereocenters. The summed E-state index contributed by atoms with van der Waals surface area (Å²) >= 11 is 0. The summed E-state index contributed by atoms with van der Waals surface area (Å²) in [5.41, 5.74) is 1.50. The number of hydrogen-bond donors (Lipinski definition) is 1. The number of hydrogen-bond acceptors (Lipinski definition) is 5. The molecule has 1 aromatic carbocycles. The van der Waals surface area contributed by atoms with Crippen LogP contribution in [0.1, 0.15) is 24.5 Å². The maximum atomic E-state index is 11.4. The number of nitrogens with one attached hydrogen (secondary N) is 1. The summed E-state index contributed by atoms with van der Waals surface area (Å²) < 4.78 is 4.67. The van der Waals surface area contributed by atoms with Crippen LogP contribution in [0.25, 0.3) is 0 Å². The molecule has 0 radical (unpaired) electrons. The summed E-state index contributed by atoms with van der Waals surface area (Å²) in [5, 5.41) is 13.9. The molecule has 0 fully saturated rings. The first-order valence-corrected chi connectivity index (χ1v) is 6.05. The van der Waals surface area contributed by atoms with Gasteiger partial charge in [-0.25, -0.2) is 0 Å². The lowest BCUT2D eigenvalue weighted by molar-refractivity contribution is -0.385. The van der Waals surface area contributed by atoms with Crippen LogP contribution in [0.4, 0.5) is 5.69 Å². The normalized spacial score (nSPS) is 11.9. The van der Waals surface area contributed by atoms with E-state index in [1.165, 1.54) is 13.2 Å². The third kappa shape index (κ3) is 3.75. The van der Waals surface area contributed by atoms with E-state index in [-0.39, 0.29) is 11.7 Å². The Labute approximate surface area is 111 Å². The van der Waals surface area contributed by atoms with E-state index >= 15 is 0 Å². The summed E-state index contributed by atoms with van der Waals surface area (Å²) in [5.74, 6) is -0.328. The molecule has 0 aliphatic carbocycles. The van der Waals surface area contributed by atoms with E-state index in [0.717, 1.165) is 5.56 Å². The fourth-order valence-electron chi connectivity index (χ4n) is 1.83. The molecule has 1 N–H and O–H groups in total. The zero-order valence-corrected chi connectivity index (χ0v) is 11.3. The predicted octanol–water partition coefficient (Wildman–Crippen LogP) is 1.94. The molecule has 0 aromatic heterocycles. The summed E-state index contributed by atoms with van der Waals surface area (Å²) in [7, 11) is 1.34. The van der Waals surface area contributed by atoms with Gasteiger partial charge in [-0.05, 0) is 18.9 Å². The Kier molecular flexibility index (Phi) is 5.44. The standard InChI is InChI=1S/C13H18N2O4/c1-4-11(13(16)19-3)14-8-10-6-5-7-12(9(10)2)15(17)18/h5-7,11,14H,4,8H2,1-3H3. The summed E-state index contributed by atoms with van der Waals surface area (Å²) in [6.07, 6.45) is 0.598. The zero-order valence-electron chi connectivity index (χ0n) is 11.3. The van der Waals surface area contributed by atoms with Crippen molar-refractivity contribution in [3.63, 3.8) is 0 Å². The van der Waals surface area contributed by atoms with E-state index in [1.807, 2.05) is 6.92 Å². The highest BCUT2D eigenvalue weighted by Gasteiger charge is 2.18. The first-order valence-electron chi connectivity index (χ1n) is 6.05. The molecule has 0 saturated heterocycles. The molecule has 0 aliphatic rings. The minimum absolute atomic E-state index is 0.0883. The Morgan fingerprint density at radius 1 is 1.53 bits per heavy atom. The molecule has 0 bridgehead atoms. The van der Waals surface area contributed by atoms with Crippen molar-refractivity contribution in [2.45, 2.75) is 32.9 Å². The van der Waals surface area contributed by atoms with Gasteiger partial charge >= 0.3 is 5.97 Å². The van der Waals surface area contributed by atoms with Crippen LogP contribution >= 0.6 is 0 Å². The van der Waals surface area contributed by atoms with Crippen molar-refractivity contribution in [1.29, 1.82) is 0 Å². The molecule has 0 saturated carbocycles. The molecule has 1 atom stereocenters. The summed E-state index contributed by atoms with van der Waals surface area (Å²) in [6.45, 7) is 3.96. The van der Waals surface area contributed by atoms with Crippen LogP contribution in [0.5, 0.6) is 0 Å². The largest absolute Gasteiger partial charge is 0.468 e. The Bertz CT molecular complexity index is 474. The number of rotatable bonds is 6. The van der Waals surface area contributed by atoms with Gasteiger partial charge in [0.05, 0.1) is 12.0 Å². The second-order valence-corrected chi connectivity index (χ2v) is 4.18. The molecule has 6 heteroatoms. The number of carbonyl (C=O) groups excluding carboxylic acids is 1. The van der Waals surface area contributed by atoms with Crippen LogP contribution in [0.3, 0.4) is 0 Å². The number of ether oxygens (including phenoxy) is 1. The van der Waals surface area contributed by atoms with Crippen molar-refractivity contribution in [1.82, 2.24) is 5.32 Å². The van der Waals surface area contributed by atoms with E-state index in [0.29, 0.717) is 18.5 Å². The fraction of sp³-hybridized carbons (Fsp3) is 0.462. The number of carbonyl (C=O) groups is 1. The zero-order chi connectivity index (χ0) is 14.4. The average Bonchev–Trinajstić information content (AvgIpc) is 2.40. The third-order valence-corrected chi connectivity index (χ3v) is 3.05. The van der Waals surface area contributed by atoms with E-state index in [9.17, 15) is 14.9 Å². The molecule has 19 heavy (non-hydrogen) atoms. The van der Waals surface area contributed by atoms with E-state index in [4.69, 9.17) is 0 Å². The predicted molar refractivity (Wildman–Crippen MR) is 70.8 cm³/mol. The first-order chi connectivity index (χ1) is 9.01. The lowest BCUT2D eigenvalue weighted by atomic mass is 10.1. The van der Waals surface area contributed by atoms with Gasteiger partial charge in [0, 0.05) is 18.2 Å². The van der Waals surface area contributed by atoms with Gasteiger partial charge in [-0.2, -0.15) is 0 Å². The maximum absolute atomic E-state index is 11.4. The van der Waals surface area contributed by atoms with E-state index in [2.05, 4.69) is 10.1 Å². The lowest BCUT2D eigenvalue weighted by Gasteiger charge is -2.15. The van der Waals surface area contributed by atoms with E-state index in [1.54, 1.807) is 19.1 Å². The van der Waals surface area contributed by atoms with Crippen molar-refractivity contribution < 1.29 is 14.5 Å². The topological polar surface area (TPSA) is 81.5 Å². The molecule has 0 heterocycles. The minimum Gasteiger partial charge on any atom is -0.468 e. The van der Waals surface area contributed by atoms with Crippen molar-refractivity contribution in [3.8, 4) is 0 Å². The van der Waals surface area contributed by atoms with Gasteiger partial charge in [-0.1, -0.05) is 19.1 Å². The second-order valence-electron chi connectivity index (χ2n) is 4.18. The number of nitro benzene ring substituents is 1. The summed E-state index contributed by atoms with van der Waals surface area (Å²) in [6, 6.07) is 4.51. The number of methoxy groups -OCH3 is 1. The quantitative estimate of drug-likeness (QED) is 0.483. The van der Waals surface area contributed by atoms with Crippen molar-refractivity contribution in [2.75, 3.05) is 7.11 Å². The Morgan fingerprint density at radius 2 is 2.21 bits per heavy atom. The highest BCUT2D eigenvalue weighted by atomic mass is 16.6. The summed E-state index contributed by atoms with van der Waals surface area (Å²) in [4.78, 5) is 21.9. The number of nitrogens with zero attached hydrogens (tertiary/aromatic N) is 1. The Balaban J connectivity index is 2.80. The lowest BCUT2D eigenvalue weighted by Crippen LogP contribution is -2.36. The van der Waals surface area contributed by atoms with Gasteiger partial charge in [0.2, 0.25) is 0 Å². The SMILES string of the molecule is CCC(NCc1cccc([N+](=O)[O-])c1C)C(=O)OC. The van der Waals surface area contributed by atoms with Gasteiger partial charge in [-0.15, -0.1) is 0 Å². The number of benzene rings is 1. The second kappa shape index (κ2) is 6.84. The van der Waals surface area contributed by atoms with Crippen LogP contribution in [0.2, 0.25) is 0 Å². The fourth-order valence-corrected chi connectivity index (χ4v) is 1.83. The monoisotopic (exact) mass is 266 g/mol. The van der Waals surface area contributed by atoms with Gasteiger partial charge < -0.3 is 10.1 Å². The smallest absolute Gasteiger partial charge is 0.322 e. The van der Waals surface area contributed by atoms with Crippen molar-refractivity contribution >= 4 is 11.7 Å². The average molecular weight is 266 g/mol. The highest BCUT2D eigenvalue weighted by Crippen LogP contribution is 2.21. The Hall–Kier alpha value is -1.95. The third-order valence-electron chi connectivity index (χ3n) is 3.05. The van der Waals surface area contributed by atoms with Crippen LogP contribution < -0.4 is 5.32 Å². The van der Waals surface area contributed by atoms with E-state index < -0.39 is 11.0 Å². The van der Waals surface area contributed by atoms with Crippen molar-refractivity contribution in [2.24, 2.45) is 0 Å². The molecule has 0 spiro atoms. The Morgan fingerprint density at radius 3 is 2.74 bits per heavy atom.